The topological polar surface area (TPSA) is 60.0 Å². The average molecular weight is 308 g/mol. The van der Waals surface area contributed by atoms with Crippen LogP contribution in [-0.2, 0) is 17.7 Å². The van der Waals surface area contributed by atoms with Crippen LogP contribution in [0.25, 0.3) is 0 Å². The number of rotatable bonds is 5. The van der Waals surface area contributed by atoms with Crippen LogP contribution in [0.2, 0.25) is 0 Å². The van der Waals surface area contributed by atoms with Gasteiger partial charge in [0.05, 0.1) is 26.9 Å². The zero-order valence-electron chi connectivity index (χ0n) is 13.6. The molecule has 1 aliphatic rings. The number of carbonyl (C=O) groups is 1. The summed E-state index contributed by atoms with van der Waals surface area (Å²) in [5.74, 6) is 1.42. The maximum absolute atomic E-state index is 12.3. The first-order valence-corrected chi connectivity index (χ1v) is 7.37. The summed E-state index contributed by atoms with van der Waals surface area (Å²) < 4.78 is 15.7. The number of methoxy groups -OCH3 is 3. The summed E-state index contributed by atoms with van der Waals surface area (Å²) in [5, 5.41) is 2.94. The molecule has 0 spiro atoms. The molecule has 6 nitrogen and oxygen atoms in total. The third-order valence-corrected chi connectivity index (χ3v) is 3.79. The second kappa shape index (κ2) is 7.35. The van der Waals surface area contributed by atoms with Gasteiger partial charge in [0.1, 0.15) is 0 Å². The fourth-order valence-corrected chi connectivity index (χ4v) is 2.65. The van der Waals surface area contributed by atoms with Crippen LogP contribution >= 0.6 is 0 Å². The van der Waals surface area contributed by atoms with E-state index < -0.39 is 0 Å². The molecular formula is C16H24N2O4. The van der Waals surface area contributed by atoms with Gasteiger partial charge in [0.2, 0.25) is 0 Å². The van der Waals surface area contributed by atoms with Crippen molar-refractivity contribution in [3.63, 3.8) is 0 Å². The lowest BCUT2D eigenvalue weighted by molar-refractivity contribution is 0.157. The Labute approximate surface area is 131 Å². The molecule has 122 valence electrons. The Hall–Kier alpha value is -1.95. The van der Waals surface area contributed by atoms with E-state index in [1.807, 2.05) is 19.1 Å². The van der Waals surface area contributed by atoms with Gasteiger partial charge in [0.15, 0.2) is 11.5 Å². The Kier molecular flexibility index (Phi) is 5.49. The van der Waals surface area contributed by atoms with Crippen molar-refractivity contribution in [2.45, 2.75) is 25.9 Å². The SMILES string of the molecule is COCC(C)NC(=O)N1CCc2cc(OC)c(OC)cc2C1. The van der Waals surface area contributed by atoms with Crippen LogP contribution in [0.5, 0.6) is 11.5 Å². The molecule has 1 aliphatic heterocycles. The highest BCUT2D eigenvalue weighted by atomic mass is 16.5. The van der Waals surface area contributed by atoms with Crippen LogP contribution in [-0.4, -0.2) is 51.5 Å². The number of hydrogen-bond donors (Lipinski definition) is 1. The molecule has 1 atom stereocenters. The van der Waals surface area contributed by atoms with Crippen LogP contribution in [0.15, 0.2) is 12.1 Å². The molecule has 22 heavy (non-hydrogen) atoms. The number of ether oxygens (including phenoxy) is 3. The van der Waals surface area contributed by atoms with Crippen molar-refractivity contribution in [2.24, 2.45) is 0 Å². The second-order valence-corrected chi connectivity index (χ2v) is 5.45. The van der Waals surface area contributed by atoms with E-state index in [0.29, 0.717) is 25.4 Å². The second-order valence-electron chi connectivity index (χ2n) is 5.45. The van der Waals surface area contributed by atoms with Crippen LogP contribution in [0, 0.1) is 0 Å². The van der Waals surface area contributed by atoms with E-state index in [0.717, 1.165) is 17.7 Å². The lowest BCUT2D eigenvalue weighted by atomic mass is 9.99. The quantitative estimate of drug-likeness (QED) is 0.901. The van der Waals surface area contributed by atoms with Gasteiger partial charge in [-0.1, -0.05) is 0 Å². The monoisotopic (exact) mass is 308 g/mol. The number of hydrogen-bond acceptors (Lipinski definition) is 4. The molecule has 1 aromatic rings. The molecule has 0 aromatic heterocycles. The van der Waals surface area contributed by atoms with Gasteiger partial charge in [-0.15, -0.1) is 0 Å². The van der Waals surface area contributed by atoms with E-state index in [1.165, 1.54) is 5.56 Å². The number of amides is 2. The first-order chi connectivity index (χ1) is 10.6. The van der Waals surface area contributed by atoms with E-state index in [-0.39, 0.29) is 12.1 Å². The summed E-state index contributed by atoms with van der Waals surface area (Å²) in [6, 6.07) is 3.87. The predicted octanol–water partition coefficient (Wildman–Crippen LogP) is 1.81. The van der Waals surface area contributed by atoms with Gasteiger partial charge >= 0.3 is 6.03 Å². The summed E-state index contributed by atoms with van der Waals surface area (Å²) in [4.78, 5) is 14.1. The van der Waals surface area contributed by atoms with Gasteiger partial charge in [-0.05, 0) is 36.6 Å². The highest BCUT2D eigenvalue weighted by Crippen LogP contribution is 2.33. The highest BCUT2D eigenvalue weighted by molar-refractivity contribution is 5.75. The number of carbonyl (C=O) groups excluding carboxylic acids is 1. The molecule has 0 saturated carbocycles. The van der Waals surface area contributed by atoms with E-state index in [2.05, 4.69) is 5.32 Å². The Morgan fingerprint density at radius 3 is 2.45 bits per heavy atom. The Morgan fingerprint density at radius 1 is 1.23 bits per heavy atom. The number of urea groups is 1. The van der Waals surface area contributed by atoms with Crippen molar-refractivity contribution in [1.29, 1.82) is 0 Å². The van der Waals surface area contributed by atoms with Crippen LogP contribution in [0.4, 0.5) is 4.79 Å². The predicted molar refractivity (Wildman–Crippen MR) is 83.5 cm³/mol. The fourth-order valence-electron chi connectivity index (χ4n) is 2.65. The summed E-state index contributed by atoms with van der Waals surface area (Å²) in [6.07, 6.45) is 0.807. The molecule has 1 aromatic carbocycles. The fraction of sp³-hybridized carbons (Fsp3) is 0.562. The molecule has 1 N–H and O–H groups in total. The zero-order chi connectivity index (χ0) is 16.1. The normalized spacial score (nSPS) is 15.0. The lowest BCUT2D eigenvalue weighted by Gasteiger charge is -2.30. The minimum atomic E-state index is -0.0648. The van der Waals surface area contributed by atoms with Crippen LogP contribution < -0.4 is 14.8 Å². The lowest BCUT2D eigenvalue weighted by Crippen LogP contribution is -2.47. The van der Waals surface area contributed by atoms with Gasteiger partial charge in [0.25, 0.3) is 0 Å². The number of nitrogens with zero attached hydrogens (tertiary/aromatic N) is 1. The Bertz CT molecular complexity index is 533. The van der Waals surface area contributed by atoms with Gasteiger partial charge in [0, 0.05) is 20.2 Å². The molecule has 0 saturated heterocycles. The van der Waals surface area contributed by atoms with E-state index in [1.54, 1.807) is 26.2 Å². The molecule has 2 rings (SSSR count). The molecule has 0 fully saturated rings. The first kappa shape index (κ1) is 16.4. The molecular weight excluding hydrogens is 284 g/mol. The number of benzene rings is 1. The van der Waals surface area contributed by atoms with Crippen molar-refractivity contribution >= 4 is 6.03 Å². The minimum absolute atomic E-state index is 0.00991. The average Bonchev–Trinajstić information content (AvgIpc) is 2.52. The molecule has 1 heterocycles. The summed E-state index contributed by atoms with van der Waals surface area (Å²) in [7, 11) is 4.87. The maximum atomic E-state index is 12.3. The standard InChI is InChI=1S/C16H24N2O4/c1-11(10-20-2)17-16(19)18-6-5-12-7-14(21-3)15(22-4)8-13(12)9-18/h7-8,11H,5-6,9-10H2,1-4H3,(H,17,19). The molecule has 0 aliphatic carbocycles. The molecule has 6 heteroatoms. The summed E-state index contributed by atoms with van der Waals surface area (Å²) in [6.45, 7) is 3.68. The first-order valence-electron chi connectivity index (χ1n) is 7.37. The zero-order valence-corrected chi connectivity index (χ0v) is 13.6. The van der Waals surface area contributed by atoms with Gasteiger partial charge in [-0.25, -0.2) is 4.79 Å². The van der Waals surface area contributed by atoms with E-state index >= 15 is 0 Å². The van der Waals surface area contributed by atoms with Crippen molar-refractivity contribution in [3.8, 4) is 11.5 Å². The summed E-state index contributed by atoms with van der Waals surface area (Å²) in [5.41, 5.74) is 2.30. The van der Waals surface area contributed by atoms with Gasteiger partial charge in [-0.3, -0.25) is 0 Å². The molecule has 2 amide bonds. The van der Waals surface area contributed by atoms with Gasteiger partial charge < -0.3 is 24.4 Å². The minimum Gasteiger partial charge on any atom is -0.493 e. The number of nitrogens with one attached hydrogen (secondary N) is 1. The smallest absolute Gasteiger partial charge is 0.317 e. The van der Waals surface area contributed by atoms with Crippen molar-refractivity contribution in [2.75, 3.05) is 34.5 Å². The van der Waals surface area contributed by atoms with Crippen LogP contribution in [0.1, 0.15) is 18.1 Å². The van der Waals surface area contributed by atoms with E-state index in [4.69, 9.17) is 14.2 Å². The van der Waals surface area contributed by atoms with Crippen molar-refractivity contribution in [3.05, 3.63) is 23.3 Å². The summed E-state index contributed by atoms with van der Waals surface area (Å²) >= 11 is 0. The van der Waals surface area contributed by atoms with Gasteiger partial charge in [-0.2, -0.15) is 0 Å². The molecule has 1 unspecified atom stereocenters. The largest absolute Gasteiger partial charge is 0.493 e. The molecule has 0 radical (unpaired) electrons. The van der Waals surface area contributed by atoms with Crippen molar-refractivity contribution in [1.82, 2.24) is 10.2 Å². The van der Waals surface area contributed by atoms with Crippen molar-refractivity contribution < 1.29 is 19.0 Å². The third kappa shape index (κ3) is 3.62. The number of fused-ring (bicyclic) bond motifs is 1. The Morgan fingerprint density at radius 2 is 1.86 bits per heavy atom. The third-order valence-electron chi connectivity index (χ3n) is 3.79. The van der Waals surface area contributed by atoms with Crippen LogP contribution in [0.3, 0.4) is 0 Å². The van der Waals surface area contributed by atoms with E-state index in [9.17, 15) is 4.79 Å². The maximum Gasteiger partial charge on any atom is 0.317 e. The highest BCUT2D eigenvalue weighted by Gasteiger charge is 2.23. The Balaban J connectivity index is 2.09. The molecule has 0 bridgehead atoms.